The first-order valence-corrected chi connectivity index (χ1v) is 12.3. The number of nitrogens with one attached hydrogen (secondary N) is 1. The summed E-state index contributed by atoms with van der Waals surface area (Å²) in [6, 6.07) is 12.0. The molecule has 2 aromatic carbocycles. The molecule has 0 radical (unpaired) electrons. The number of piperidine rings is 1. The van der Waals surface area contributed by atoms with Crippen LogP contribution in [0, 0.1) is 24.0 Å². The second-order valence-corrected chi connectivity index (χ2v) is 10.2. The number of rotatable bonds is 6. The molecule has 1 N–H and O–H groups in total. The number of nitrogens with zero attached hydrogens (tertiary/aromatic N) is 4. The van der Waals surface area contributed by atoms with Crippen molar-refractivity contribution in [1.29, 1.82) is 0 Å². The predicted octanol–water partition coefficient (Wildman–Crippen LogP) is 3.82. The van der Waals surface area contributed by atoms with Crippen molar-refractivity contribution in [2.24, 2.45) is 0 Å². The highest BCUT2D eigenvalue weighted by atomic mass is 32.2. The molecule has 0 spiro atoms. The van der Waals surface area contributed by atoms with Crippen molar-refractivity contribution in [2.45, 2.75) is 38.0 Å². The fourth-order valence-electron chi connectivity index (χ4n) is 3.95. The molecule has 1 aliphatic heterocycles. The number of benzene rings is 2. The molecule has 0 atom stereocenters. The summed E-state index contributed by atoms with van der Waals surface area (Å²) in [5.74, 6) is -0.115. The normalized spacial score (nSPS) is 14.6. The summed E-state index contributed by atoms with van der Waals surface area (Å²) in [5.41, 5.74) is 1.99. The maximum atomic E-state index is 13.2. The van der Waals surface area contributed by atoms with E-state index >= 15 is 0 Å². The molecular weight excluding hydrogens is 458 g/mol. The molecule has 1 aliphatic rings. The quantitative estimate of drug-likeness (QED) is 0.419. The zero-order valence-corrected chi connectivity index (χ0v) is 19.7. The number of carbonyl (C=O) groups is 1. The molecule has 10 nitrogen and oxygen atoms in total. The van der Waals surface area contributed by atoms with E-state index in [9.17, 15) is 23.3 Å². The number of hydrogen-bond acceptors (Lipinski definition) is 6. The average molecular weight is 484 g/mol. The van der Waals surface area contributed by atoms with Gasteiger partial charge in [-0.25, -0.2) is 13.1 Å². The van der Waals surface area contributed by atoms with E-state index in [-0.39, 0.29) is 16.1 Å². The summed E-state index contributed by atoms with van der Waals surface area (Å²) in [5, 5.41) is 18.1. The zero-order valence-electron chi connectivity index (χ0n) is 18.9. The Kier molecular flexibility index (Phi) is 6.49. The van der Waals surface area contributed by atoms with E-state index < -0.39 is 20.9 Å². The van der Waals surface area contributed by atoms with Crippen LogP contribution in [-0.2, 0) is 10.0 Å². The first kappa shape index (κ1) is 23.6. The minimum absolute atomic E-state index is 0.0550. The van der Waals surface area contributed by atoms with E-state index in [4.69, 9.17) is 0 Å². The van der Waals surface area contributed by atoms with Gasteiger partial charge in [0, 0.05) is 36.9 Å². The predicted molar refractivity (Wildman–Crippen MR) is 127 cm³/mol. The highest BCUT2D eigenvalue weighted by Crippen LogP contribution is 2.25. The molecule has 0 unspecified atom stereocenters. The van der Waals surface area contributed by atoms with Gasteiger partial charge >= 0.3 is 0 Å². The Balaban J connectivity index is 1.62. The van der Waals surface area contributed by atoms with Crippen molar-refractivity contribution in [2.75, 3.05) is 18.4 Å². The summed E-state index contributed by atoms with van der Waals surface area (Å²) in [4.78, 5) is 23.7. The van der Waals surface area contributed by atoms with Gasteiger partial charge in [0.1, 0.15) is 5.82 Å². The standard InChI is InChI=1S/C23H25N5O5S/c1-16-6-11-20(34(32,33)26-12-4-3-5-13-26)15-21(16)23(29)24-22-14-17(2)25-27(22)18-7-9-19(10-8-18)28(30)31/h6-11,14-15H,3-5,12-13H2,1-2H3,(H,24,29). The number of aryl methyl sites for hydroxylation is 2. The lowest BCUT2D eigenvalue weighted by Crippen LogP contribution is -2.35. The lowest BCUT2D eigenvalue weighted by atomic mass is 10.1. The molecular formula is C23H25N5O5S. The third kappa shape index (κ3) is 4.70. The zero-order chi connectivity index (χ0) is 24.5. The van der Waals surface area contributed by atoms with Gasteiger partial charge in [0.25, 0.3) is 11.6 Å². The van der Waals surface area contributed by atoms with Crippen LogP contribution < -0.4 is 5.32 Å². The van der Waals surface area contributed by atoms with Crippen LogP contribution in [0.1, 0.15) is 40.9 Å². The van der Waals surface area contributed by atoms with Gasteiger partial charge in [0.05, 0.1) is 21.2 Å². The summed E-state index contributed by atoms with van der Waals surface area (Å²) in [6.07, 6.45) is 2.66. The molecule has 0 aliphatic carbocycles. The molecule has 2 heterocycles. The summed E-state index contributed by atoms with van der Waals surface area (Å²) >= 11 is 0. The fraction of sp³-hybridized carbons (Fsp3) is 0.304. The van der Waals surface area contributed by atoms with Gasteiger partial charge in [-0.15, -0.1) is 0 Å². The number of nitro benzene ring substituents is 1. The van der Waals surface area contributed by atoms with Gasteiger partial charge in [-0.2, -0.15) is 9.40 Å². The van der Waals surface area contributed by atoms with Crippen LogP contribution in [0.3, 0.4) is 0 Å². The van der Waals surface area contributed by atoms with E-state index in [0.717, 1.165) is 19.3 Å². The van der Waals surface area contributed by atoms with Gasteiger partial charge in [0.15, 0.2) is 0 Å². The molecule has 3 aromatic rings. The molecule has 1 aromatic heterocycles. The Bertz CT molecular complexity index is 1340. The van der Waals surface area contributed by atoms with Gasteiger partial charge in [-0.05, 0) is 56.5 Å². The Morgan fingerprint density at radius 2 is 1.71 bits per heavy atom. The molecule has 34 heavy (non-hydrogen) atoms. The number of aromatic nitrogens is 2. The van der Waals surface area contributed by atoms with Crippen LogP contribution in [0.2, 0.25) is 0 Å². The third-order valence-electron chi connectivity index (χ3n) is 5.78. The van der Waals surface area contributed by atoms with Crippen molar-refractivity contribution in [3.05, 3.63) is 75.5 Å². The molecule has 11 heteroatoms. The second kappa shape index (κ2) is 9.35. The van der Waals surface area contributed by atoms with E-state index in [1.54, 1.807) is 26.0 Å². The maximum absolute atomic E-state index is 13.2. The van der Waals surface area contributed by atoms with Crippen molar-refractivity contribution >= 4 is 27.4 Å². The number of carbonyl (C=O) groups excluding carboxylic acids is 1. The molecule has 1 amide bonds. The van der Waals surface area contributed by atoms with Crippen LogP contribution in [0.4, 0.5) is 11.5 Å². The molecule has 1 fully saturated rings. The summed E-state index contributed by atoms with van der Waals surface area (Å²) < 4.78 is 29.1. The largest absolute Gasteiger partial charge is 0.306 e. The van der Waals surface area contributed by atoms with E-state index in [2.05, 4.69) is 10.4 Å². The van der Waals surface area contributed by atoms with Crippen LogP contribution in [-0.4, -0.2) is 46.4 Å². The number of sulfonamides is 1. The molecule has 178 valence electrons. The number of anilines is 1. The number of nitro groups is 1. The van der Waals surface area contributed by atoms with Crippen LogP contribution in [0.15, 0.2) is 53.4 Å². The first-order valence-electron chi connectivity index (χ1n) is 10.9. The smallest absolute Gasteiger partial charge is 0.269 e. The van der Waals surface area contributed by atoms with Crippen molar-refractivity contribution < 1.29 is 18.1 Å². The lowest BCUT2D eigenvalue weighted by molar-refractivity contribution is -0.384. The topological polar surface area (TPSA) is 127 Å². The summed E-state index contributed by atoms with van der Waals surface area (Å²) in [7, 11) is -3.69. The SMILES string of the molecule is Cc1cc(NC(=O)c2cc(S(=O)(=O)N3CCCCC3)ccc2C)n(-c2ccc([N+](=O)[O-])cc2)n1. The van der Waals surface area contributed by atoms with Crippen LogP contribution in [0.5, 0.6) is 0 Å². The van der Waals surface area contributed by atoms with Crippen LogP contribution in [0.25, 0.3) is 5.69 Å². The molecule has 0 saturated carbocycles. The Labute approximate surface area is 197 Å². The first-order chi connectivity index (χ1) is 16.2. The molecule has 4 rings (SSSR count). The number of hydrogen-bond donors (Lipinski definition) is 1. The average Bonchev–Trinajstić information content (AvgIpc) is 3.19. The molecule has 0 bridgehead atoms. The summed E-state index contributed by atoms with van der Waals surface area (Å²) in [6.45, 7) is 4.45. The minimum atomic E-state index is -3.69. The maximum Gasteiger partial charge on any atom is 0.269 e. The Morgan fingerprint density at radius 3 is 2.35 bits per heavy atom. The van der Waals surface area contributed by atoms with E-state index in [0.29, 0.717) is 35.9 Å². The van der Waals surface area contributed by atoms with Crippen molar-refractivity contribution in [1.82, 2.24) is 14.1 Å². The number of amides is 1. The highest BCUT2D eigenvalue weighted by molar-refractivity contribution is 7.89. The molecule has 1 saturated heterocycles. The third-order valence-corrected chi connectivity index (χ3v) is 7.68. The fourth-order valence-corrected chi connectivity index (χ4v) is 5.49. The Morgan fingerprint density at radius 1 is 1.03 bits per heavy atom. The van der Waals surface area contributed by atoms with E-state index in [1.165, 1.54) is 45.4 Å². The van der Waals surface area contributed by atoms with Crippen molar-refractivity contribution in [3.63, 3.8) is 0 Å². The highest BCUT2D eigenvalue weighted by Gasteiger charge is 2.27. The monoisotopic (exact) mass is 483 g/mol. The van der Waals surface area contributed by atoms with E-state index in [1.807, 2.05) is 0 Å². The van der Waals surface area contributed by atoms with Crippen LogP contribution >= 0.6 is 0 Å². The van der Waals surface area contributed by atoms with Crippen molar-refractivity contribution in [3.8, 4) is 5.69 Å². The van der Waals surface area contributed by atoms with Gasteiger partial charge in [0.2, 0.25) is 10.0 Å². The van der Waals surface area contributed by atoms with Gasteiger partial charge < -0.3 is 5.32 Å². The Hall–Kier alpha value is -3.57. The minimum Gasteiger partial charge on any atom is -0.306 e. The van der Waals surface area contributed by atoms with Gasteiger partial charge in [-0.3, -0.25) is 14.9 Å². The number of non-ortho nitro benzene ring substituents is 1. The lowest BCUT2D eigenvalue weighted by Gasteiger charge is -2.26. The second-order valence-electron chi connectivity index (χ2n) is 8.25. The van der Waals surface area contributed by atoms with Gasteiger partial charge in [-0.1, -0.05) is 12.5 Å².